The van der Waals surface area contributed by atoms with Crippen LogP contribution in [0.5, 0.6) is 17.2 Å². The molecule has 2 aliphatic heterocycles. The van der Waals surface area contributed by atoms with E-state index in [-0.39, 0.29) is 11.3 Å². The van der Waals surface area contributed by atoms with Crippen molar-refractivity contribution in [2.24, 2.45) is 0 Å². The van der Waals surface area contributed by atoms with Crippen molar-refractivity contribution < 1.29 is 19.0 Å². The summed E-state index contributed by atoms with van der Waals surface area (Å²) in [5.41, 5.74) is 3.24. The largest absolute Gasteiger partial charge is 0.493 e. The molecule has 0 aromatic heterocycles. The predicted octanol–water partition coefficient (Wildman–Crippen LogP) is 5.15. The molecule has 0 spiro atoms. The van der Waals surface area contributed by atoms with Crippen molar-refractivity contribution in [3.8, 4) is 17.2 Å². The third-order valence-electron chi connectivity index (χ3n) is 7.44. The summed E-state index contributed by atoms with van der Waals surface area (Å²) in [5, 5.41) is 3.42. The standard InChI is InChI=1S/C31H37N3O4S/c1-22(35)34-26-9-5-7-11-30(26)39-31(34)25-8-4-6-10-27(25)38-19-18-33-17-16-32-21-24(33)14-12-23-13-15-28(36-2)29(20-23)37-3/h4-11,13,15,20,24,31-32H,12,14,16-19,21H2,1-3H3. The molecule has 39 heavy (non-hydrogen) atoms. The molecule has 2 aliphatic rings. The number of piperazine rings is 1. The topological polar surface area (TPSA) is 63.3 Å². The van der Waals surface area contributed by atoms with E-state index in [1.807, 2.05) is 47.4 Å². The Morgan fingerprint density at radius 3 is 2.62 bits per heavy atom. The van der Waals surface area contributed by atoms with Gasteiger partial charge in [-0.15, -0.1) is 0 Å². The summed E-state index contributed by atoms with van der Waals surface area (Å²) in [6.07, 6.45) is 2.01. The number of methoxy groups -OCH3 is 2. The number of aryl methyl sites for hydroxylation is 1. The Labute approximate surface area is 235 Å². The molecule has 0 aliphatic carbocycles. The average Bonchev–Trinajstić information content (AvgIpc) is 3.36. The van der Waals surface area contributed by atoms with Crippen LogP contribution in [-0.4, -0.2) is 63.9 Å². The second kappa shape index (κ2) is 12.8. The Kier molecular flexibility index (Phi) is 8.96. The number of carbonyl (C=O) groups excluding carboxylic acids is 1. The number of benzene rings is 3. The minimum Gasteiger partial charge on any atom is -0.493 e. The van der Waals surface area contributed by atoms with Crippen molar-refractivity contribution in [2.75, 3.05) is 51.9 Å². The molecule has 1 fully saturated rings. The lowest BCUT2D eigenvalue weighted by Crippen LogP contribution is -2.52. The zero-order valence-electron chi connectivity index (χ0n) is 22.9. The molecule has 2 atom stereocenters. The van der Waals surface area contributed by atoms with E-state index in [0.29, 0.717) is 12.6 Å². The number of nitrogens with zero attached hydrogens (tertiary/aromatic N) is 2. The molecule has 3 aromatic rings. The molecule has 7 nitrogen and oxygen atoms in total. The van der Waals surface area contributed by atoms with Crippen LogP contribution in [0.15, 0.2) is 71.6 Å². The fraction of sp³-hybridized carbons (Fsp3) is 0.387. The van der Waals surface area contributed by atoms with Gasteiger partial charge < -0.3 is 19.5 Å². The number of thioether (sulfide) groups is 1. The molecular weight excluding hydrogens is 510 g/mol. The number of hydrogen-bond donors (Lipinski definition) is 1. The van der Waals surface area contributed by atoms with Crippen molar-refractivity contribution in [1.82, 2.24) is 10.2 Å². The van der Waals surface area contributed by atoms with E-state index in [4.69, 9.17) is 14.2 Å². The van der Waals surface area contributed by atoms with Crippen molar-refractivity contribution in [3.05, 3.63) is 77.9 Å². The van der Waals surface area contributed by atoms with Gasteiger partial charge in [0.25, 0.3) is 0 Å². The maximum atomic E-state index is 12.6. The summed E-state index contributed by atoms with van der Waals surface area (Å²) in [4.78, 5) is 18.2. The second-order valence-corrected chi connectivity index (χ2v) is 11.0. The van der Waals surface area contributed by atoms with Gasteiger partial charge in [0, 0.05) is 49.6 Å². The van der Waals surface area contributed by atoms with Gasteiger partial charge in [-0.3, -0.25) is 14.6 Å². The maximum Gasteiger partial charge on any atom is 0.225 e. The van der Waals surface area contributed by atoms with Gasteiger partial charge in [0.05, 0.1) is 19.9 Å². The van der Waals surface area contributed by atoms with E-state index in [1.165, 1.54) is 5.56 Å². The highest BCUT2D eigenvalue weighted by Crippen LogP contribution is 2.52. The zero-order valence-corrected chi connectivity index (χ0v) is 23.7. The third-order valence-corrected chi connectivity index (χ3v) is 8.73. The first-order valence-corrected chi connectivity index (χ1v) is 14.4. The highest BCUT2D eigenvalue weighted by atomic mass is 32.2. The summed E-state index contributed by atoms with van der Waals surface area (Å²) in [6, 6.07) is 22.8. The van der Waals surface area contributed by atoms with Crippen LogP contribution >= 0.6 is 11.8 Å². The number of anilines is 1. The fourth-order valence-corrected chi connectivity index (χ4v) is 6.81. The number of carbonyl (C=O) groups is 1. The Balaban J connectivity index is 1.22. The number of ether oxygens (including phenoxy) is 3. The smallest absolute Gasteiger partial charge is 0.225 e. The van der Waals surface area contributed by atoms with Gasteiger partial charge in [-0.25, -0.2) is 0 Å². The molecule has 5 rings (SSSR count). The van der Waals surface area contributed by atoms with Gasteiger partial charge >= 0.3 is 0 Å². The molecule has 1 amide bonds. The molecule has 1 N–H and O–H groups in total. The average molecular weight is 548 g/mol. The first-order valence-electron chi connectivity index (χ1n) is 13.5. The molecule has 0 bridgehead atoms. The monoisotopic (exact) mass is 547 g/mol. The van der Waals surface area contributed by atoms with Crippen molar-refractivity contribution in [1.29, 1.82) is 0 Å². The quantitative estimate of drug-likeness (QED) is 0.377. The summed E-state index contributed by atoms with van der Waals surface area (Å²) in [7, 11) is 3.34. The van der Waals surface area contributed by atoms with E-state index < -0.39 is 0 Å². The molecule has 0 saturated carbocycles. The van der Waals surface area contributed by atoms with Gasteiger partial charge in [0.1, 0.15) is 17.7 Å². The van der Waals surface area contributed by atoms with Crippen LogP contribution in [0.25, 0.3) is 0 Å². The highest BCUT2D eigenvalue weighted by Gasteiger charge is 2.35. The lowest BCUT2D eigenvalue weighted by Gasteiger charge is -2.36. The number of hydrogen-bond acceptors (Lipinski definition) is 7. The number of rotatable bonds is 10. The minimum atomic E-state index is -0.135. The molecule has 0 radical (unpaired) electrons. The van der Waals surface area contributed by atoms with Gasteiger partial charge in [0.15, 0.2) is 11.5 Å². The van der Waals surface area contributed by atoms with Gasteiger partial charge in [-0.1, -0.05) is 48.2 Å². The van der Waals surface area contributed by atoms with Crippen LogP contribution in [0.4, 0.5) is 5.69 Å². The maximum absolute atomic E-state index is 12.6. The molecule has 3 aromatic carbocycles. The third kappa shape index (κ3) is 6.19. The molecule has 2 heterocycles. The van der Waals surface area contributed by atoms with Crippen molar-refractivity contribution in [2.45, 2.75) is 36.1 Å². The van der Waals surface area contributed by atoms with Crippen LogP contribution in [0, 0.1) is 0 Å². The molecule has 1 saturated heterocycles. The number of fused-ring (bicyclic) bond motifs is 1. The summed E-state index contributed by atoms with van der Waals surface area (Å²) in [5.74, 6) is 2.40. The minimum absolute atomic E-state index is 0.0328. The van der Waals surface area contributed by atoms with Crippen molar-refractivity contribution >= 4 is 23.4 Å². The van der Waals surface area contributed by atoms with E-state index in [0.717, 1.165) is 72.4 Å². The fourth-order valence-electron chi connectivity index (χ4n) is 5.43. The Bertz CT molecular complexity index is 1290. The predicted molar refractivity (Wildman–Crippen MR) is 156 cm³/mol. The summed E-state index contributed by atoms with van der Waals surface area (Å²) in [6.45, 7) is 6.01. The van der Waals surface area contributed by atoms with E-state index in [1.54, 1.807) is 32.9 Å². The summed E-state index contributed by atoms with van der Waals surface area (Å²) >= 11 is 1.70. The molecular formula is C31H37N3O4S. The Morgan fingerprint density at radius 2 is 1.79 bits per heavy atom. The van der Waals surface area contributed by atoms with Gasteiger partial charge in [-0.2, -0.15) is 0 Å². The lowest BCUT2D eigenvalue weighted by molar-refractivity contribution is -0.116. The summed E-state index contributed by atoms with van der Waals surface area (Å²) < 4.78 is 17.3. The zero-order chi connectivity index (χ0) is 27.2. The first kappa shape index (κ1) is 27.4. The van der Waals surface area contributed by atoms with Crippen molar-refractivity contribution in [3.63, 3.8) is 0 Å². The molecule has 2 unspecified atom stereocenters. The second-order valence-electron chi connectivity index (χ2n) is 9.84. The molecule has 8 heteroatoms. The first-order chi connectivity index (χ1) is 19.1. The molecule has 206 valence electrons. The van der Waals surface area contributed by atoms with E-state index in [2.05, 4.69) is 34.5 Å². The number of para-hydroxylation sites is 2. The highest BCUT2D eigenvalue weighted by molar-refractivity contribution is 8.00. The van der Waals surface area contributed by atoms with Crippen LogP contribution in [0.2, 0.25) is 0 Å². The van der Waals surface area contributed by atoms with Gasteiger partial charge in [-0.05, 0) is 48.7 Å². The van der Waals surface area contributed by atoms with Crippen LogP contribution in [-0.2, 0) is 11.2 Å². The lowest BCUT2D eigenvalue weighted by atomic mass is 10.0. The normalized spacial score (nSPS) is 19.0. The van der Waals surface area contributed by atoms with Crippen LogP contribution in [0.1, 0.15) is 29.8 Å². The van der Waals surface area contributed by atoms with Crippen LogP contribution in [0.3, 0.4) is 0 Å². The van der Waals surface area contributed by atoms with E-state index >= 15 is 0 Å². The number of nitrogens with one attached hydrogen (secondary N) is 1. The Hall–Kier alpha value is -3.20. The van der Waals surface area contributed by atoms with Crippen LogP contribution < -0.4 is 24.4 Å². The van der Waals surface area contributed by atoms with E-state index in [9.17, 15) is 4.79 Å². The van der Waals surface area contributed by atoms with Gasteiger partial charge in [0.2, 0.25) is 5.91 Å². The number of amides is 1. The Morgan fingerprint density at radius 1 is 1.00 bits per heavy atom. The SMILES string of the molecule is COc1ccc(CCC2CNCCN2CCOc2ccccc2C2Sc3ccccc3N2C(C)=O)cc1OC.